The van der Waals surface area contributed by atoms with Gasteiger partial charge in [0, 0.05) is 25.8 Å². The summed E-state index contributed by atoms with van der Waals surface area (Å²) in [5, 5.41) is 0. The van der Waals surface area contributed by atoms with Crippen LogP contribution >= 0.6 is 0 Å². The zero-order chi connectivity index (χ0) is 14.1. The van der Waals surface area contributed by atoms with E-state index in [-0.39, 0.29) is 5.91 Å². The maximum Gasteiger partial charge on any atom is 0.298 e. The molecule has 1 aliphatic heterocycles. The van der Waals surface area contributed by atoms with Crippen molar-refractivity contribution in [2.75, 3.05) is 39.9 Å². The van der Waals surface area contributed by atoms with Gasteiger partial charge in [-0.2, -0.15) is 0 Å². The van der Waals surface area contributed by atoms with E-state index in [1.54, 1.807) is 6.92 Å². The fraction of sp³-hybridized carbons (Fsp3) is 0.800. The Morgan fingerprint density at radius 3 is 2.68 bits per heavy atom. The molecule has 0 aromatic carbocycles. The summed E-state index contributed by atoms with van der Waals surface area (Å²) < 4.78 is 5.35. The average molecular weight is 266 g/mol. The Morgan fingerprint density at radius 2 is 2.11 bits per heavy atom. The lowest BCUT2D eigenvalue weighted by atomic mass is 10.0. The number of ether oxygens (including phenoxy) is 1. The molecule has 0 bridgehead atoms. The van der Waals surface area contributed by atoms with Gasteiger partial charge >= 0.3 is 0 Å². The van der Waals surface area contributed by atoms with Gasteiger partial charge in [0.2, 0.25) is 0 Å². The molecule has 0 radical (unpaired) electrons. The molecule has 0 aromatic heterocycles. The lowest BCUT2D eigenvalue weighted by Gasteiger charge is -2.36. The number of hydrogen-bond donors (Lipinski definition) is 0. The van der Waals surface area contributed by atoms with Crippen molar-refractivity contribution in [2.45, 2.75) is 39.2 Å². The summed E-state index contributed by atoms with van der Waals surface area (Å²) in [6.07, 6.45) is 2.97. The third-order valence-electron chi connectivity index (χ3n) is 3.51. The van der Waals surface area contributed by atoms with Crippen molar-refractivity contribution in [3.8, 4) is 11.8 Å². The number of hydrogen-bond acceptors (Lipinski definition) is 3. The Morgan fingerprint density at radius 1 is 1.42 bits per heavy atom. The standard InChI is InChI=1S/C15H26N2O2/c1-4-7-15(18)17(10-6-13-19-5-2)14-8-11-16(3)12-9-14/h14H,5-6,8-13H2,1-3H3. The van der Waals surface area contributed by atoms with Crippen LogP contribution < -0.4 is 0 Å². The van der Waals surface area contributed by atoms with E-state index >= 15 is 0 Å². The van der Waals surface area contributed by atoms with Crippen molar-refractivity contribution in [3.63, 3.8) is 0 Å². The minimum absolute atomic E-state index is 0.0337. The van der Waals surface area contributed by atoms with E-state index in [2.05, 4.69) is 23.8 Å². The van der Waals surface area contributed by atoms with Gasteiger partial charge in [-0.15, -0.1) is 0 Å². The lowest BCUT2D eigenvalue weighted by Crippen LogP contribution is -2.46. The van der Waals surface area contributed by atoms with Crippen LogP contribution in [-0.2, 0) is 9.53 Å². The molecular formula is C15H26N2O2. The fourth-order valence-electron chi connectivity index (χ4n) is 2.42. The van der Waals surface area contributed by atoms with Crippen molar-refractivity contribution in [1.82, 2.24) is 9.80 Å². The van der Waals surface area contributed by atoms with E-state index in [0.29, 0.717) is 12.6 Å². The number of piperidine rings is 1. The first kappa shape index (κ1) is 16.0. The Labute approximate surface area is 117 Å². The highest BCUT2D eigenvalue weighted by molar-refractivity contribution is 5.93. The molecule has 0 atom stereocenters. The van der Waals surface area contributed by atoms with Crippen molar-refractivity contribution in [2.24, 2.45) is 0 Å². The molecule has 1 saturated heterocycles. The molecule has 0 spiro atoms. The van der Waals surface area contributed by atoms with Gasteiger partial charge in [-0.1, -0.05) is 5.92 Å². The van der Waals surface area contributed by atoms with Gasteiger partial charge < -0.3 is 14.5 Å². The van der Waals surface area contributed by atoms with Crippen molar-refractivity contribution < 1.29 is 9.53 Å². The third kappa shape index (κ3) is 5.63. The first-order valence-electron chi connectivity index (χ1n) is 7.18. The van der Waals surface area contributed by atoms with E-state index in [1.807, 2.05) is 11.8 Å². The van der Waals surface area contributed by atoms with Crippen molar-refractivity contribution >= 4 is 5.91 Å². The summed E-state index contributed by atoms with van der Waals surface area (Å²) in [4.78, 5) is 16.3. The first-order chi connectivity index (χ1) is 9.19. The molecule has 1 rings (SSSR count). The second kappa shape index (κ2) is 8.95. The minimum atomic E-state index is -0.0337. The molecule has 1 amide bonds. The van der Waals surface area contributed by atoms with Crippen LogP contribution in [0.3, 0.4) is 0 Å². The maximum absolute atomic E-state index is 12.1. The highest BCUT2D eigenvalue weighted by Crippen LogP contribution is 2.16. The summed E-state index contributed by atoms with van der Waals surface area (Å²) in [6.45, 7) is 8.01. The van der Waals surface area contributed by atoms with E-state index < -0.39 is 0 Å². The summed E-state index contributed by atoms with van der Waals surface area (Å²) in [6, 6.07) is 0.339. The van der Waals surface area contributed by atoms with Gasteiger partial charge in [-0.3, -0.25) is 4.79 Å². The molecule has 19 heavy (non-hydrogen) atoms. The van der Waals surface area contributed by atoms with Crippen molar-refractivity contribution in [1.29, 1.82) is 0 Å². The Kier molecular flexibility index (Phi) is 7.54. The van der Waals surface area contributed by atoms with Crippen LogP contribution in [0.2, 0.25) is 0 Å². The largest absolute Gasteiger partial charge is 0.382 e. The van der Waals surface area contributed by atoms with Gasteiger partial charge in [-0.05, 0) is 59.2 Å². The quantitative estimate of drug-likeness (QED) is 0.537. The Bertz CT molecular complexity index is 325. The number of carbonyl (C=O) groups excluding carboxylic acids is 1. The van der Waals surface area contributed by atoms with Crippen LogP contribution in [0.15, 0.2) is 0 Å². The van der Waals surface area contributed by atoms with Crippen LogP contribution in [0.5, 0.6) is 0 Å². The molecular weight excluding hydrogens is 240 g/mol. The monoisotopic (exact) mass is 266 g/mol. The summed E-state index contributed by atoms with van der Waals surface area (Å²) >= 11 is 0. The summed E-state index contributed by atoms with van der Waals surface area (Å²) in [5.74, 6) is 5.36. The smallest absolute Gasteiger partial charge is 0.298 e. The van der Waals surface area contributed by atoms with Gasteiger partial charge in [0.1, 0.15) is 0 Å². The number of rotatable bonds is 6. The summed E-state index contributed by atoms with van der Waals surface area (Å²) in [5.41, 5.74) is 0. The highest BCUT2D eigenvalue weighted by Gasteiger charge is 2.25. The SMILES string of the molecule is CC#CC(=O)N(CCCOCC)C1CCN(C)CC1. The molecule has 1 aliphatic rings. The molecule has 0 saturated carbocycles. The van der Waals surface area contributed by atoms with Crippen LogP contribution in [0.25, 0.3) is 0 Å². The first-order valence-corrected chi connectivity index (χ1v) is 7.18. The van der Waals surface area contributed by atoms with Crippen LogP contribution in [0.4, 0.5) is 0 Å². The van der Waals surface area contributed by atoms with Gasteiger partial charge in [0.25, 0.3) is 5.91 Å². The second-order valence-corrected chi connectivity index (χ2v) is 4.96. The van der Waals surface area contributed by atoms with Gasteiger partial charge in [-0.25, -0.2) is 0 Å². The average Bonchev–Trinajstić information content (AvgIpc) is 2.40. The van der Waals surface area contributed by atoms with Crippen LogP contribution in [-0.4, -0.2) is 61.6 Å². The molecule has 0 N–H and O–H groups in total. The predicted molar refractivity (Wildman–Crippen MR) is 76.8 cm³/mol. The minimum Gasteiger partial charge on any atom is -0.382 e. The maximum atomic E-state index is 12.1. The van der Waals surface area contributed by atoms with Crippen molar-refractivity contribution in [3.05, 3.63) is 0 Å². The van der Waals surface area contributed by atoms with Crippen LogP contribution in [0.1, 0.15) is 33.1 Å². The van der Waals surface area contributed by atoms with E-state index in [1.165, 1.54) is 0 Å². The third-order valence-corrected chi connectivity index (χ3v) is 3.51. The molecule has 1 fully saturated rings. The number of nitrogens with zero attached hydrogens (tertiary/aromatic N) is 2. The van der Waals surface area contributed by atoms with Gasteiger partial charge in [0.15, 0.2) is 0 Å². The van der Waals surface area contributed by atoms with Crippen LogP contribution in [0, 0.1) is 11.8 Å². The number of carbonyl (C=O) groups is 1. The zero-order valence-electron chi connectivity index (χ0n) is 12.4. The fourth-order valence-corrected chi connectivity index (χ4v) is 2.42. The summed E-state index contributed by atoms with van der Waals surface area (Å²) in [7, 11) is 2.13. The van der Waals surface area contributed by atoms with E-state index in [4.69, 9.17) is 4.74 Å². The Balaban J connectivity index is 2.52. The Hall–Kier alpha value is -1.05. The van der Waals surface area contributed by atoms with E-state index in [9.17, 15) is 4.79 Å². The zero-order valence-corrected chi connectivity index (χ0v) is 12.4. The van der Waals surface area contributed by atoms with Gasteiger partial charge in [0.05, 0.1) is 0 Å². The second-order valence-electron chi connectivity index (χ2n) is 4.96. The molecule has 1 heterocycles. The molecule has 0 aromatic rings. The molecule has 0 unspecified atom stereocenters. The molecule has 4 nitrogen and oxygen atoms in total. The normalized spacial score (nSPS) is 16.8. The predicted octanol–water partition coefficient (Wildman–Crippen LogP) is 1.36. The molecule has 108 valence electrons. The molecule has 0 aliphatic carbocycles. The topological polar surface area (TPSA) is 32.8 Å². The lowest BCUT2D eigenvalue weighted by molar-refractivity contribution is -0.128. The van der Waals surface area contributed by atoms with E-state index in [0.717, 1.165) is 45.5 Å². The number of amides is 1. The highest BCUT2D eigenvalue weighted by atomic mass is 16.5. The number of likely N-dealkylation sites (tertiary alicyclic amines) is 1. The molecule has 4 heteroatoms.